The standard InChI is InChI=1S/C21H24N4O3/c1-14(26)9-17-7-8-25(23-17)13-15-10-18(11-15)22-21(27)20-12-19(24-28-20)16-5-3-2-4-6-16/h2-8,12,14-15,18,26H,9-11,13H2,1H3,(H,22,27)/t14-,15-,18+/m1/s1. The molecule has 1 aliphatic rings. The monoisotopic (exact) mass is 380 g/mol. The zero-order valence-electron chi connectivity index (χ0n) is 15.8. The Kier molecular flexibility index (Phi) is 5.25. The first-order valence-corrected chi connectivity index (χ1v) is 9.60. The number of aromatic nitrogens is 3. The Morgan fingerprint density at radius 3 is 2.86 bits per heavy atom. The van der Waals surface area contributed by atoms with E-state index >= 15 is 0 Å². The van der Waals surface area contributed by atoms with Crippen molar-refractivity contribution in [2.24, 2.45) is 5.92 Å². The molecular formula is C21H24N4O3. The van der Waals surface area contributed by atoms with Gasteiger partial charge in [0.25, 0.3) is 5.91 Å². The van der Waals surface area contributed by atoms with Gasteiger partial charge < -0.3 is 14.9 Å². The summed E-state index contributed by atoms with van der Waals surface area (Å²) in [7, 11) is 0. The van der Waals surface area contributed by atoms with Crippen molar-refractivity contribution in [2.45, 2.75) is 44.9 Å². The molecule has 146 valence electrons. The summed E-state index contributed by atoms with van der Waals surface area (Å²) >= 11 is 0. The van der Waals surface area contributed by atoms with E-state index in [1.54, 1.807) is 13.0 Å². The third kappa shape index (κ3) is 4.31. The number of hydrogen-bond donors (Lipinski definition) is 2. The van der Waals surface area contributed by atoms with Crippen LogP contribution in [-0.4, -0.2) is 38.1 Å². The molecule has 2 heterocycles. The molecule has 1 aromatic carbocycles. The minimum absolute atomic E-state index is 0.148. The molecule has 1 atom stereocenters. The third-order valence-corrected chi connectivity index (χ3v) is 5.02. The molecule has 0 radical (unpaired) electrons. The Bertz CT molecular complexity index is 926. The summed E-state index contributed by atoms with van der Waals surface area (Å²) in [5, 5.41) is 20.9. The molecule has 1 aliphatic carbocycles. The highest BCUT2D eigenvalue weighted by Crippen LogP contribution is 2.29. The quantitative estimate of drug-likeness (QED) is 0.657. The highest BCUT2D eigenvalue weighted by Gasteiger charge is 2.31. The van der Waals surface area contributed by atoms with Crippen LogP contribution in [-0.2, 0) is 13.0 Å². The van der Waals surface area contributed by atoms with Gasteiger partial charge in [-0.1, -0.05) is 35.5 Å². The molecule has 0 bridgehead atoms. The SMILES string of the molecule is C[C@@H](O)Cc1ccn(C[C@H]2C[C@@H](NC(=O)c3cc(-c4ccccc4)no3)C2)n1. The number of rotatable bonds is 7. The molecule has 0 aliphatic heterocycles. The zero-order chi connectivity index (χ0) is 19.5. The number of carbonyl (C=O) groups excluding carboxylic acids is 1. The number of aliphatic hydroxyl groups is 1. The maximum Gasteiger partial charge on any atom is 0.290 e. The van der Waals surface area contributed by atoms with E-state index in [1.807, 2.05) is 47.3 Å². The largest absolute Gasteiger partial charge is 0.393 e. The molecule has 0 unspecified atom stereocenters. The first-order valence-electron chi connectivity index (χ1n) is 9.60. The van der Waals surface area contributed by atoms with Crippen LogP contribution in [0, 0.1) is 5.92 Å². The van der Waals surface area contributed by atoms with E-state index in [0.717, 1.165) is 30.6 Å². The predicted molar refractivity (Wildman–Crippen MR) is 104 cm³/mol. The fourth-order valence-corrected chi connectivity index (χ4v) is 3.57. The summed E-state index contributed by atoms with van der Waals surface area (Å²) in [5.41, 5.74) is 2.48. The minimum Gasteiger partial charge on any atom is -0.393 e. The second kappa shape index (κ2) is 7.98. The van der Waals surface area contributed by atoms with Crippen LogP contribution in [0.1, 0.15) is 36.0 Å². The first-order chi connectivity index (χ1) is 13.6. The highest BCUT2D eigenvalue weighted by molar-refractivity contribution is 5.92. The molecule has 3 aromatic rings. The van der Waals surface area contributed by atoms with E-state index in [2.05, 4.69) is 15.6 Å². The van der Waals surface area contributed by atoms with Crippen LogP contribution < -0.4 is 5.32 Å². The van der Waals surface area contributed by atoms with Crippen LogP contribution in [0.3, 0.4) is 0 Å². The summed E-state index contributed by atoms with van der Waals surface area (Å²) in [5.74, 6) is 0.493. The van der Waals surface area contributed by atoms with Gasteiger partial charge in [-0.25, -0.2) is 0 Å². The van der Waals surface area contributed by atoms with Crippen LogP contribution in [0.2, 0.25) is 0 Å². The van der Waals surface area contributed by atoms with E-state index in [4.69, 9.17) is 4.52 Å². The van der Waals surface area contributed by atoms with Crippen LogP contribution in [0.4, 0.5) is 0 Å². The summed E-state index contributed by atoms with van der Waals surface area (Å²) < 4.78 is 7.13. The van der Waals surface area contributed by atoms with Gasteiger partial charge in [0.15, 0.2) is 0 Å². The Morgan fingerprint density at radius 1 is 1.32 bits per heavy atom. The summed E-state index contributed by atoms with van der Waals surface area (Å²) in [6.45, 7) is 2.59. The van der Waals surface area contributed by atoms with E-state index in [1.165, 1.54) is 0 Å². The first kappa shape index (κ1) is 18.4. The lowest BCUT2D eigenvalue weighted by Crippen LogP contribution is -2.45. The number of benzene rings is 1. The normalized spacial score (nSPS) is 19.8. The average Bonchev–Trinajstić information content (AvgIpc) is 3.30. The molecule has 1 fully saturated rings. The van der Waals surface area contributed by atoms with Crippen LogP contribution >= 0.6 is 0 Å². The lowest BCUT2D eigenvalue weighted by Gasteiger charge is -2.35. The number of aliphatic hydroxyl groups excluding tert-OH is 1. The van der Waals surface area contributed by atoms with Crippen molar-refractivity contribution in [3.8, 4) is 11.3 Å². The Hall–Kier alpha value is -2.93. The number of carbonyl (C=O) groups is 1. The maximum atomic E-state index is 12.4. The number of amides is 1. The molecule has 7 heteroatoms. The predicted octanol–water partition coefficient (Wildman–Crippen LogP) is 2.67. The lowest BCUT2D eigenvalue weighted by atomic mass is 9.80. The maximum absolute atomic E-state index is 12.4. The van der Waals surface area contributed by atoms with Gasteiger partial charge in [0.05, 0.1) is 11.8 Å². The van der Waals surface area contributed by atoms with Crippen molar-refractivity contribution < 1.29 is 14.4 Å². The van der Waals surface area contributed by atoms with Gasteiger partial charge >= 0.3 is 0 Å². The van der Waals surface area contributed by atoms with E-state index in [0.29, 0.717) is 18.0 Å². The summed E-state index contributed by atoms with van der Waals surface area (Å²) in [6, 6.07) is 13.4. The van der Waals surface area contributed by atoms with Gasteiger partial charge in [-0.3, -0.25) is 9.48 Å². The van der Waals surface area contributed by atoms with Crippen LogP contribution in [0.5, 0.6) is 0 Å². The molecule has 2 N–H and O–H groups in total. The van der Waals surface area contributed by atoms with Gasteiger partial charge in [0, 0.05) is 36.8 Å². The minimum atomic E-state index is -0.384. The van der Waals surface area contributed by atoms with E-state index < -0.39 is 0 Å². The second-order valence-electron chi connectivity index (χ2n) is 7.53. The van der Waals surface area contributed by atoms with Crippen LogP contribution in [0.15, 0.2) is 53.2 Å². The van der Waals surface area contributed by atoms with Crippen molar-refractivity contribution in [2.75, 3.05) is 0 Å². The summed E-state index contributed by atoms with van der Waals surface area (Å²) in [4.78, 5) is 12.4. The van der Waals surface area contributed by atoms with Gasteiger partial charge in [0.2, 0.25) is 5.76 Å². The molecule has 2 aromatic heterocycles. The fraction of sp³-hybridized carbons (Fsp3) is 0.381. The Labute approximate surface area is 163 Å². The molecule has 1 amide bonds. The van der Waals surface area contributed by atoms with Gasteiger partial charge in [-0.2, -0.15) is 5.10 Å². The molecule has 0 saturated heterocycles. The Balaban J connectivity index is 1.25. The van der Waals surface area contributed by atoms with Crippen molar-refractivity contribution >= 4 is 5.91 Å². The number of nitrogens with zero attached hydrogens (tertiary/aromatic N) is 3. The molecule has 7 nitrogen and oxygen atoms in total. The number of nitrogens with one attached hydrogen (secondary N) is 1. The third-order valence-electron chi connectivity index (χ3n) is 5.02. The van der Waals surface area contributed by atoms with E-state index in [9.17, 15) is 9.90 Å². The molecule has 1 saturated carbocycles. The Morgan fingerprint density at radius 2 is 2.11 bits per heavy atom. The summed E-state index contributed by atoms with van der Waals surface area (Å²) in [6.07, 6.45) is 3.96. The van der Waals surface area contributed by atoms with Crippen molar-refractivity contribution in [1.82, 2.24) is 20.3 Å². The molecular weight excluding hydrogens is 356 g/mol. The highest BCUT2D eigenvalue weighted by atomic mass is 16.5. The molecule has 28 heavy (non-hydrogen) atoms. The van der Waals surface area contributed by atoms with Crippen molar-refractivity contribution in [3.63, 3.8) is 0 Å². The fourth-order valence-electron chi connectivity index (χ4n) is 3.57. The zero-order valence-corrected chi connectivity index (χ0v) is 15.8. The lowest BCUT2D eigenvalue weighted by molar-refractivity contribution is 0.0842. The average molecular weight is 380 g/mol. The molecule has 4 rings (SSSR count). The molecule has 0 spiro atoms. The van der Waals surface area contributed by atoms with Crippen molar-refractivity contribution in [3.05, 3.63) is 60.1 Å². The van der Waals surface area contributed by atoms with Gasteiger partial charge in [0.1, 0.15) is 5.69 Å². The van der Waals surface area contributed by atoms with Crippen LogP contribution in [0.25, 0.3) is 11.3 Å². The topological polar surface area (TPSA) is 93.2 Å². The smallest absolute Gasteiger partial charge is 0.290 e. The second-order valence-corrected chi connectivity index (χ2v) is 7.53. The van der Waals surface area contributed by atoms with Gasteiger partial charge in [-0.05, 0) is 31.7 Å². The van der Waals surface area contributed by atoms with E-state index in [-0.39, 0.29) is 23.8 Å². The van der Waals surface area contributed by atoms with Crippen molar-refractivity contribution in [1.29, 1.82) is 0 Å². The number of hydrogen-bond acceptors (Lipinski definition) is 5. The van der Waals surface area contributed by atoms with Gasteiger partial charge in [-0.15, -0.1) is 0 Å².